The number of carboxylic acid groups (broad SMARTS) is 1. The van der Waals surface area contributed by atoms with Crippen molar-refractivity contribution in [3.05, 3.63) is 18.2 Å². The maximum atomic E-state index is 11.6. The molecule has 0 saturated heterocycles. The zero-order valence-electron chi connectivity index (χ0n) is 12.5. The molecule has 0 aromatic carbocycles. The molecule has 1 unspecified atom stereocenters. The molecule has 8 nitrogen and oxygen atoms in total. The molecule has 1 heterocycles. The molecule has 0 saturated carbocycles. The first-order valence-electron chi connectivity index (χ1n) is 6.35. The molecule has 0 bridgehead atoms. The van der Waals surface area contributed by atoms with Crippen molar-refractivity contribution >= 4 is 17.7 Å². The molecule has 8 heteroatoms. The normalized spacial score (nSPS) is 14.1. The Morgan fingerprint density at radius 3 is 2.14 bits per heavy atom. The molecule has 0 radical (unpaired) electrons. The van der Waals surface area contributed by atoms with Crippen molar-refractivity contribution in [2.24, 2.45) is 0 Å². The lowest BCUT2D eigenvalue weighted by molar-refractivity contribution is -0.155. The highest BCUT2D eigenvalue weighted by Gasteiger charge is 2.30. The van der Waals surface area contributed by atoms with E-state index >= 15 is 0 Å². The first-order chi connectivity index (χ1) is 9.52. The summed E-state index contributed by atoms with van der Waals surface area (Å²) >= 11 is 0. The lowest BCUT2D eigenvalue weighted by atomic mass is 9.96. The third kappa shape index (κ3) is 4.99. The topological polar surface area (TPSA) is 124 Å². The highest BCUT2D eigenvalue weighted by molar-refractivity contribution is 5.89. The van der Waals surface area contributed by atoms with Crippen molar-refractivity contribution in [1.82, 2.24) is 15.3 Å². The zero-order valence-corrected chi connectivity index (χ0v) is 12.5. The van der Waals surface area contributed by atoms with Crippen LogP contribution in [-0.4, -0.2) is 44.3 Å². The van der Waals surface area contributed by atoms with Crippen LogP contribution in [0.25, 0.3) is 0 Å². The highest BCUT2D eigenvalue weighted by Crippen LogP contribution is 2.18. The summed E-state index contributed by atoms with van der Waals surface area (Å²) in [5, 5.41) is 22.9. The number of hydrogen-bond donors (Lipinski definition) is 4. The Kier molecular flexibility index (Phi) is 4.84. The summed E-state index contributed by atoms with van der Waals surface area (Å²) in [6.07, 6.45) is 2.92. The van der Waals surface area contributed by atoms with Gasteiger partial charge in [0.25, 0.3) is 0 Å². The number of nitrogens with one attached hydrogen (secondary N) is 2. The molecular formula is C13H20N4O4. The predicted octanol–water partition coefficient (Wildman–Crippen LogP) is 0.731. The van der Waals surface area contributed by atoms with Crippen LogP contribution < -0.4 is 10.6 Å². The molecule has 0 spiro atoms. The highest BCUT2D eigenvalue weighted by atomic mass is 16.4. The summed E-state index contributed by atoms with van der Waals surface area (Å²) in [5.74, 6) is -0.775. The molecule has 0 aliphatic rings. The van der Waals surface area contributed by atoms with Gasteiger partial charge in [-0.25, -0.2) is 19.6 Å². The van der Waals surface area contributed by atoms with Crippen LogP contribution in [0, 0.1) is 0 Å². The van der Waals surface area contributed by atoms with E-state index in [0.29, 0.717) is 11.5 Å². The maximum absolute atomic E-state index is 11.6. The SMILES string of the molecule is CC(O)(CNC(=O)Nc1cnc(C(C)(C)C)nc1)C(=O)O. The summed E-state index contributed by atoms with van der Waals surface area (Å²) < 4.78 is 0. The van der Waals surface area contributed by atoms with E-state index < -0.39 is 24.1 Å². The first-order valence-corrected chi connectivity index (χ1v) is 6.35. The summed E-state index contributed by atoms with van der Waals surface area (Å²) in [5.41, 5.74) is -1.85. The smallest absolute Gasteiger partial charge is 0.337 e. The Morgan fingerprint density at radius 1 is 1.19 bits per heavy atom. The third-order valence-electron chi connectivity index (χ3n) is 2.63. The van der Waals surface area contributed by atoms with Crippen LogP contribution in [0.2, 0.25) is 0 Å². The van der Waals surface area contributed by atoms with E-state index in [2.05, 4.69) is 20.6 Å². The van der Waals surface area contributed by atoms with Gasteiger partial charge in [-0.1, -0.05) is 20.8 Å². The van der Waals surface area contributed by atoms with Crippen molar-refractivity contribution in [3.8, 4) is 0 Å². The minimum atomic E-state index is -2.02. The lowest BCUT2D eigenvalue weighted by Crippen LogP contribution is -2.47. The van der Waals surface area contributed by atoms with E-state index in [0.717, 1.165) is 6.92 Å². The summed E-state index contributed by atoms with van der Waals surface area (Å²) in [6, 6.07) is -0.649. The van der Waals surface area contributed by atoms with Crippen LogP contribution in [-0.2, 0) is 10.2 Å². The average Bonchev–Trinajstić information content (AvgIpc) is 2.36. The molecular weight excluding hydrogens is 276 g/mol. The minimum Gasteiger partial charge on any atom is -0.479 e. The van der Waals surface area contributed by atoms with Crippen molar-refractivity contribution in [3.63, 3.8) is 0 Å². The summed E-state index contributed by atoms with van der Waals surface area (Å²) in [4.78, 5) is 30.5. The average molecular weight is 296 g/mol. The lowest BCUT2D eigenvalue weighted by Gasteiger charge is -2.19. The Labute approximate surface area is 122 Å². The molecule has 2 amide bonds. The predicted molar refractivity (Wildman–Crippen MR) is 76.0 cm³/mol. The van der Waals surface area contributed by atoms with E-state index in [9.17, 15) is 14.7 Å². The number of rotatable bonds is 4. The van der Waals surface area contributed by atoms with Gasteiger partial charge in [-0.2, -0.15) is 0 Å². The number of nitrogens with zero attached hydrogens (tertiary/aromatic N) is 2. The van der Waals surface area contributed by atoms with Crippen LogP contribution >= 0.6 is 0 Å². The van der Waals surface area contributed by atoms with Crippen LogP contribution in [0.3, 0.4) is 0 Å². The van der Waals surface area contributed by atoms with Gasteiger partial charge in [0.05, 0.1) is 24.6 Å². The molecule has 0 fully saturated rings. The molecule has 1 atom stereocenters. The van der Waals surface area contributed by atoms with Gasteiger partial charge >= 0.3 is 12.0 Å². The molecule has 1 rings (SSSR count). The molecule has 4 N–H and O–H groups in total. The van der Waals surface area contributed by atoms with E-state index in [1.807, 2.05) is 20.8 Å². The largest absolute Gasteiger partial charge is 0.479 e. The molecule has 1 aromatic rings. The van der Waals surface area contributed by atoms with Gasteiger partial charge in [0, 0.05) is 5.41 Å². The van der Waals surface area contributed by atoms with E-state index in [-0.39, 0.29) is 5.41 Å². The standard InChI is InChI=1S/C13H20N4O4/c1-12(2,3)9-14-5-8(6-15-9)17-11(20)16-7-13(4,21)10(18)19/h5-6,21H,7H2,1-4H3,(H,18,19)(H2,16,17,20). The van der Waals surface area contributed by atoms with Gasteiger partial charge in [-0.05, 0) is 6.92 Å². The van der Waals surface area contributed by atoms with Crippen molar-refractivity contribution in [2.45, 2.75) is 38.7 Å². The van der Waals surface area contributed by atoms with E-state index in [1.54, 1.807) is 0 Å². The Balaban J connectivity index is 2.58. The van der Waals surface area contributed by atoms with E-state index in [4.69, 9.17) is 5.11 Å². The van der Waals surface area contributed by atoms with Gasteiger partial charge in [-0.3, -0.25) is 0 Å². The van der Waals surface area contributed by atoms with Crippen LogP contribution in [0.4, 0.5) is 10.5 Å². The quantitative estimate of drug-likeness (QED) is 0.649. The number of amides is 2. The van der Waals surface area contributed by atoms with Gasteiger partial charge in [0.15, 0.2) is 5.60 Å². The first kappa shape index (κ1) is 16.8. The number of aromatic nitrogens is 2. The van der Waals surface area contributed by atoms with Gasteiger partial charge < -0.3 is 20.8 Å². The van der Waals surface area contributed by atoms with Crippen molar-refractivity contribution in [1.29, 1.82) is 0 Å². The van der Waals surface area contributed by atoms with Crippen LogP contribution in [0.1, 0.15) is 33.5 Å². The fraction of sp³-hybridized carbons (Fsp3) is 0.538. The number of hydrogen-bond acceptors (Lipinski definition) is 5. The molecule has 21 heavy (non-hydrogen) atoms. The monoisotopic (exact) mass is 296 g/mol. The fourth-order valence-electron chi connectivity index (χ4n) is 1.28. The Morgan fingerprint density at radius 2 is 1.71 bits per heavy atom. The third-order valence-corrected chi connectivity index (χ3v) is 2.63. The summed E-state index contributed by atoms with van der Waals surface area (Å²) in [6.45, 7) is 6.58. The molecule has 0 aliphatic carbocycles. The number of carbonyl (C=O) groups is 2. The molecule has 116 valence electrons. The van der Waals surface area contributed by atoms with Gasteiger partial charge in [0.1, 0.15) is 5.82 Å². The van der Waals surface area contributed by atoms with Crippen LogP contribution in [0.15, 0.2) is 12.4 Å². The molecule has 1 aromatic heterocycles. The number of urea groups is 1. The number of carbonyl (C=O) groups excluding carboxylic acids is 1. The van der Waals surface area contributed by atoms with Crippen molar-refractivity contribution in [2.75, 3.05) is 11.9 Å². The second-order valence-corrected chi connectivity index (χ2v) is 5.93. The number of carboxylic acids is 1. The number of aliphatic hydroxyl groups is 1. The van der Waals surface area contributed by atoms with Gasteiger partial charge in [0.2, 0.25) is 0 Å². The Bertz CT molecular complexity index is 520. The molecule has 0 aliphatic heterocycles. The zero-order chi connectivity index (χ0) is 16.3. The second-order valence-electron chi connectivity index (χ2n) is 5.93. The van der Waals surface area contributed by atoms with Crippen LogP contribution in [0.5, 0.6) is 0 Å². The minimum absolute atomic E-state index is 0.193. The maximum Gasteiger partial charge on any atom is 0.337 e. The van der Waals surface area contributed by atoms with Gasteiger partial charge in [-0.15, -0.1) is 0 Å². The number of anilines is 1. The van der Waals surface area contributed by atoms with E-state index in [1.165, 1.54) is 12.4 Å². The second kappa shape index (κ2) is 6.04. The summed E-state index contributed by atoms with van der Waals surface area (Å²) in [7, 11) is 0. The Hall–Kier alpha value is -2.22. The fourth-order valence-corrected chi connectivity index (χ4v) is 1.28. The number of aliphatic carboxylic acids is 1. The van der Waals surface area contributed by atoms with Crippen molar-refractivity contribution < 1.29 is 19.8 Å².